The Morgan fingerprint density at radius 1 is 1.16 bits per heavy atom. The molecule has 2 heterocycles. The van der Waals surface area contributed by atoms with Gasteiger partial charge in [-0.3, -0.25) is 19.8 Å². The highest BCUT2D eigenvalue weighted by Crippen LogP contribution is 2.38. The lowest BCUT2D eigenvalue weighted by Gasteiger charge is -2.11. The first kappa shape index (κ1) is 21.0. The number of hydrogen-bond donors (Lipinski definition) is 0. The zero-order valence-corrected chi connectivity index (χ0v) is 18.4. The number of amidine groups is 1. The van der Waals surface area contributed by atoms with Crippen LogP contribution in [-0.4, -0.2) is 32.4 Å². The number of thiazole rings is 1. The second-order valence-corrected chi connectivity index (χ2v) is 8.50. The zero-order chi connectivity index (χ0) is 22.0. The van der Waals surface area contributed by atoms with Crippen LogP contribution >= 0.6 is 23.1 Å². The molecule has 3 aromatic rings. The van der Waals surface area contributed by atoms with E-state index in [1.807, 2.05) is 49.6 Å². The molecule has 0 spiro atoms. The van der Waals surface area contributed by atoms with Crippen molar-refractivity contribution in [2.24, 2.45) is 4.99 Å². The van der Waals surface area contributed by atoms with E-state index >= 15 is 0 Å². The van der Waals surface area contributed by atoms with E-state index in [2.05, 4.69) is 9.98 Å². The Balaban J connectivity index is 1.64. The van der Waals surface area contributed by atoms with Gasteiger partial charge < -0.3 is 0 Å². The van der Waals surface area contributed by atoms with E-state index < -0.39 is 4.92 Å². The van der Waals surface area contributed by atoms with E-state index in [4.69, 9.17) is 0 Å². The van der Waals surface area contributed by atoms with Crippen molar-refractivity contribution in [1.29, 1.82) is 0 Å². The molecule has 0 bridgehead atoms. The summed E-state index contributed by atoms with van der Waals surface area (Å²) in [6.45, 7) is 4.23. The third-order valence-electron chi connectivity index (χ3n) is 4.78. The summed E-state index contributed by atoms with van der Waals surface area (Å²) in [5.74, 6) is -0.123. The second-order valence-electron chi connectivity index (χ2n) is 6.69. The van der Waals surface area contributed by atoms with Crippen LogP contribution in [0.4, 0.5) is 10.8 Å². The molecule has 1 saturated heterocycles. The highest BCUT2D eigenvalue weighted by Gasteiger charge is 2.34. The predicted molar refractivity (Wildman–Crippen MR) is 125 cm³/mol. The smallest absolute Gasteiger partial charge is 0.269 e. The molecule has 1 aromatic heterocycles. The normalized spacial score (nSPS) is 16.8. The summed E-state index contributed by atoms with van der Waals surface area (Å²) in [5.41, 5.74) is 3.40. The van der Waals surface area contributed by atoms with Gasteiger partial charge in [-0.15, -0.1) is 11.3 Å². The van der Waals surface area contributed by atoms with Gasteiger partial charge in [0.1, 0.15) is 0 Å². The summed E-state index contributed by atoms with van der Waals surface area (Å²) in [6, 6.07) is 16.1. The van der Waals surface area contributed by atoms with E-state index in [0.29, 0.717) is 21.7 Å². The standard InChI is InChI=1S/C22H18N4O3S2/c1-3-25-20(27)19(14(2)15-9-11-17(12-10-15)26(28)29)31-22(25)24-21-23-18(13-30-21)16-7-5-4-6-8-16/h4-13H,3H2,1-2H3/b19-14-,24-22+. The third-order valence-corrected chi connectivity index (χ3v) is 6.70. The van der Waals surface area contributed by atoms with Gasteiger partial charge in [0, 0.05) is 29.6 Å². The van der Waals surface area contributed by atoms with Crippen LogP contribution in [0, 0.1) is 10.1 Å². The van der Waals surface area contributed by atoms with Crippen LogP contribution < -0.4 is 0 Å². The monoisotopic (exact) mass is 450 g/mol. The number of likely N-dealkylation sites (N-methyl/N-ethyl adjacent to an activating group) is 1. The van der Waals surface area contributed by atoms with Crippen molar-refractivity contribution in [3.63, 3.8) is 0 Å². The van der Waals surface area contributed by atoms with E-state index in [-0.39, 0.29) is 11.6 Å². The number of nitrogens with zero attached hydrogens (tertiary/aromatic N) is 4. The van der Waals surface area contributed by atoms with Gasteiger partial charge in [0.05, 0.1) is 15.5 Å². The summed E-state index contributed by atoms with van der Waals surface area (Å²) in [6.07, 6.45) is 0. The number of hydrogen-bond acceptors (Lipinski definition) is 7. The minimum absolute atomic E-state index is 0.0161. The van der Waals surface area contributed by atoms with Crippen molar-refractivity contribution in [3.8, 4) is 11.3 Å². The molecule has 0 atom stereocenters. The fraction of sp³-hybridized carbons (Fsp3) is 0.136. The molecule has 1 fully saturated rings. The van der Waals surface area contributed by atoms with Crippen LogP contribution in [0.2, 0.25) is 0 Å². The van der Waals surface area contributed by atoms with Gasteiger partial charge in [0.25, 0.3) is 11.6 Å². The molecule has 0 radical (unpaired) electrons. The lowest BCUT2D eigenvalue weighted by atomic mass is 10.1. The van der Waals surface area contributed by atoms with Gasteiger partial charge in [0.15, 0.2) is 5.17 Å². The Labute approximate surface area is 187 Å². The maximum atomic E-state index is 13.0. The number of rotatable bonds is 5. The molecular formula is C22H18N4O3S2. The van der Waals surface area contributed by atoms with Crippen molar-refractivity contribution in [3.05, 3.63) is 80.6 Å². The molecule has 7 nitrogen and oxygen atoms in total. The van der Waals surface area contributed by atoms with Crippen LogP contribution in [0.15, 0.2) is 69.9 Å². The quantitative estimate of drug-likeness (QED) is 0.281. The van der Waals surface area contributed by atoms with Crippen molar-refractivity contribution in [1.82, 2.24) is 9.88 Å². The number of aliphatic imine (C=N–C) groups is 1. The SMILES string of the molecule is CCN1C(=O)/C(=C(\C)c2ccc([N+](=O)[O-])cc2)S/C1=N/c1nc(-c2ccccc2)cs1. The molecule has 4 rings (SSSR count). The van der Waals surface area contributed by atoms with Gasteiger partial charge in [0.2, 0.25) is 5.13 Å². The molecular weight excluding hydrogens is 432 g/mol. The van der Waals surface area contributed by atoms with Crippen LogP contribution in [0.5, 0.6) is 0 Å². The summed E-state index contributed by atoms with van der Waals surface area (Å²) >= 11 is 2.73. The summed E-state index contributed by atoms with van der Waals surface area (Å²) in [7, 11) is 0. The van der Waals surface area contributed by atoms with Crippen molar-refractivity contribution in [2.45, 2.75) is 13.8 Å². The van der Waals surface area contributed by atoms with Crippen LogP contribution in [-0.2, 0) is 4.79 Å². The van der Waals surface area contributed by atoms with Gasteiger partial charge in [-0.25, -0.2) is 4.98 Å². The van der Waals surface area contributed by atoms with E-state index in [9.17, 15) is 14.9 Å². The minimum Gasteiger partial charge on any atom is -0.287 e. The Morgan fingerprint density at radius 2 is 1.87 bits per heavy atom. The number of non-ortho nitro benzene ring substituents is 1. The number of aromatic nitrogens is 1. The summed E-state index contributed by atoms with van der Waals surface area (Å²) in [4.78, 5) is 34.9. The highest BCUT2D eigenvalue weighted by molar-refractivity contribution is 8.18. The van der Waals surface area contributed by atoms with Crippen LogP contribution in [0.1, 0.15) is 19.4 Å². The van der Waals surface area contributed by atoms with Crippen molar-refractivity contribution < 1.29 is 9.72 Å². The molecule has 1 amide bonds. The van der Waals surface area contributed by atoms with Crippen molar-refractivity contribution in [2.75, 3.05) is 6.54 Å². The van der Waals surface area contributed by atoms with E-state index in [0.717, 1.165) is 22.4 Å². The molecule has 31 heavy (non-hydrogen) atoms. The van der Waals surface area contributed by atoms with Crippen molar-refractivity contribution >= 4 is 50.6 Å². The molecule has 2 aromatic carbocycles. The Bertz CT molecular complexity index is 1200. The number of nitro groups is 1. The first-order valence-electron chi connectivity index (χ1n) is 9.53. The number of carbonyl (C=O) groups excluding carboxylic acids is 1. The first-order valence-corrected chi connectivity index (χ1v) is 11.2. The van der Waals surface area contributed by atoms with Crippen LogP contribution in [0.3, 0.4) is 0 Å². The zero-order valence-electron chi connectivity index (χ0n) is 16.8. The third kappa shape index (κ3) is 4.28. The number of amides is 1. The maximum absolute atomic E-state index is 13.0. The topological polar surface area (TPSA) is 88.7 Å². The van der Waals surface area contributed by atoms with Gasteiger partial charge in [-0.2, -0.15) is 4.99 Å². The summed E-state index contributed by atoms with van der Waals surface area (Å²) in [5, 5.41) is 14.0. The molecule has 0 aliphatic carbocycles. The average molecular weight is 451 g/mol. The Morgan fingerprint density at radius 3 is 2.52 bits per heavy atom. The first-order chi connectivity index (χ1) is 15.0. The summed E-state index contributed by atoms with van der Waals surface area (Å²) < 4.78 is 0. The van der Waals surface area contributed by atoms with Gasteiger partial charge >= 0.3 is 0 Å². The Hall–Kier alpha value is -3.30. The predicted octanol–water partition coefficient (Wildman–Crippen LogP) is 5.73. The minimum atomic E-state index is -0.441. The molecule has 0 N–H and O–H groups in total. The van der Waals surface area contributed by atoms with Gasteiger partial charge in [-0.05, 0) is 48.9 Å². The molecule has 9 heteroatoms. The fourth-order valence-electron chi connectivity index (χ4n) is 3.10. The lowest BCUT2D eigenvalue weighted by Crippen LogP contribution is -2.28. The molecule has 0 saturated carbocycles. The number of benzene rings is 2. The maximum Gasteiger partial charge on any atom is 0.269 e. The van der Waals surface area contributed by atoms with E-state index in [1.54, 1.807) is 17.0 Å². The fourth-order valence-corrected chi connectivity index (χ4v) is 4.96. The largest absolute Gasteiger partial charge is 0.287 e. The number of thioether (sulfide) groups is 1. The second kappa shape index (κ2) is 8.83. The average Bonchev–Trinajstić information content (AvgIpc) is 3.38. The lowest BCUT2D eigenvalue weighted by molar-refractivity contribution is -0.384. The number of allylic oxidation sites excluding steroid dienone is 1. The molecule has 1 aliphatic rings. The number of carbonyl (C=O) groups is 1. The molecule has 1 aliphatic heterocycles. The number of nitro benzene ring substituents is 1. The van der Waals surface area contributed by atoms with Crippen LogP contribution in [0.25, 0.3) is 16.8 Å². The van der Waals surface area contributed by atoms with E-state index in [1.165, 1.54) is 35.2 Å². The Kier molecular flexibility index (Phi) is 5.97. The molecule has 0 unspecified atom stereocenters. The van der Waals surface area contributed by atoms with Gasteiger partial charge in [-0.1, -0.05) is 30.3 Å². The highest BCUT2D eigenvalue weighted by atomic mass is 32.2. The molecule has 156 valence electrons.